The van der Waals surface area contributed by atoms with Gasteiger partial charge in [-0.15, -0.1) is 0 Å². The smallest absolute Gasteiger partial charge is 0.156 e. The molecule has 4 N–H and O–H groups in total. The highest BCUT2D eigenvalue weighted by Crippen LogP contribution is 2.29. The van der Waals surface area contributed by atoms with Crippen LogP contribution in [0.15, 0.2) is 85.2 Å². The van der Waals surface area contributed by atoms with Crippen molar-refractivity contribution < 1.29 is 32.6 Å². The van der Waals surface area contributed by atoms with Crippen LogP contribution < -0.4 is 11.1 Å². The molecule has 0 spiro atoms. The van der Waals surface area contributed by atoms with Crippen LogP contribution in [0.5, 0.6) is 5.75 Å². The second kappa shape index (κ2) is 14.6. The van der Waals surface area contributed by atoms with E-state index in [0.29, 0.717) is 40.8 Å². The minimum atomic E-state index is -1.09. The van der Waals surface area contributed by atoms with Crippen molar-refractivity contribution in [2.75, 3.05) is 13.2 Å². The number of phenolic OH excluding ortho intramolecular Hbond substituents is 1. The van der Waals surface area contributed by atoms with Gasteiger partial charge in [0.05, 0.1) is 31.0 Å². The molecule has 0 unspecified atom stereocenters. The van der Waals surface area contributed by atoms with Crippen molar-refractivity contribution in [3.63, 3.8) is 0 Å². The lowest BCUT2D eigenvalue weighted by molar-refractivity contribution is -0.125. The maximum absolute atomic E-state index is 15.0. The molecule has 0 bridgehead atoms. The Bertz CT molecular complexity index is 1580. The summed E-state index contributed by atoms with van der Waals surface area (Å²) in [5, 5.41) is 13.2. The predicted octanol–water partition coefficient (Wildman–Crippen LogP) is 4.58. The summed E-state index contributed by atoms with van der Waals surface area (Å²) in [6, 6.07) is 16.3. The van der Waals surface area contributed by atoms with Gasteiger partial charge in [0.15, 0.2) is 11.6 Å². The van der Waals surface area contributed by atoms with E-state index in [2.05, 4.69) is 10.3 Å². The van der Waals surface area contributed by atoms with Gasteiger partial charge in [-0.2, -0.15) is 0 Å². The molecule has 1 aliphatic rings. The number of aromatic nitrogens is 1. The number of ketones is 2. The highest BCUT2D eigenvalue weighted by molar-refractivity contribution is 5.88. The lowest BCUT2D eigenvalue weighted by Crippen LogP contribution is -2.51. The Morgan fingerprint density at radius 1 is 0.911 bits per heavy atom. The minimum absolute atomic E-state index is 0.0662. The van der Waals surface area contributed by atoms with E-state index >= 15 is 4.39 Å². The average molecular weight is 618 g/mol. The van der Waals surface area contributed by atoms with Crippen LogP contribution in [0.25, 0.3) is 0 Å². The number of aromatic hydroxyl groups is 1. The number of nitrogens with one attached hydrogen (secondary N) is 1. The number of rotatable bonds is 12. The molecule has 0 amide bonds. The number of nitrogens with two attached hydrogens (primary N) is 1. The lowest BCUT2D eigenvalue weighted by Gasteiger charge is -2.30. The normalized spacial score (nSPS) is 17.3. The third-order valence-corrected chi connectivity index (χ3v) is 8.20. The molecule has 5 rings (SSSR count). The van der Waals surface area contributed by atoms with Crippen LogP contribution in [0.1, 0.15) is 40.2 Å². The fourth-order valence-electron chi connectivity index (χ4n) is 5.67. The molecule has 0 saturated carbocycles. The van der Waals surface area contributed by atoms with Gasteiger partial charge in [-0.05, 0) is 65.4 Å². The zero-order valence-corrected chi connectivity index (χ0v) is 24.5. The lowest BCUT2D eigenvalue weighted by atomic mass is 9.82. The molecule has 3 aromatic carbocycles. The highest BCUT2D eigenvalue weighted by Gasteiger charge is 2.30. The monoisotopic (exact) mass is 617 g/mol. The van der Waals surface area contributed by atoms with Crippen molar-refractivity contribution in [3.8, 4) is 5.75 Å². The minimum Gasteiger partial charge on any atom is -0.508 e. The maximum Gasteiger partial charge on any atom is 0.156 e. The van der Waals surface area contributed by atoms with Gasteiger partial charge in [-0.1, -0.05) is 42.5 Å². The number of carbonyl (C=O) groups is 2. The van der Waals surface area contributed by atoms with Crippen LogP contribution in [0.2, 0.25) is 0 Å². The largest absolute Gasteiger partial charge is 0.508 e. The van der Waals surface area contributed by atoms with Crippen LogP contribution in [-0.4, -0.2) is 53.0 Å². The third-order valence-electron chi connectivity index (χ3n) is 8.20. The van der Waals surface area contributed by atoms with E-state index in [1.165, 1.54) is 60.8 Å². The number of hydrogen-bond acceptors (Lipinski definition) is 7. The van der Waals surface area contributed by atoms with Crippen LogP contribution in [-0.2, 0) is 33.6 Å². The van der Waals surface area contributed by atoms with E-state index in [9.17, 15) is 23.5 Å². The number of carbonyl (C=O) groups excluding carboxylic acids is 2. The number of morpholine rings is 1. The zero-order chi connectivity index (χ0) is 31.9. The third kappa shape index (κ3) is 8.02. The van der Waals surface area contributed by atoms with Crippen molar-refractivity contribution in [1.29, 1.82) is 0 Å². The van der Waals surface area contributed by atoms with Gasteiger partial charge in [0, 0.05) is 37.1 Å². The van der Waals surface area contributed by atoms with Crippen LogP contribution in [0, 0.1) is 17.5 Å². The van der Waals surface area contributed by atoms with Gasteiger partial charge in [0.1, 0.15) is 23.2 Å². The molecule has 0 radical (unpaired) electrons. The first-order valence-electron chi connectivity index (χ1n) is 14.7. The van der Waals surface area contributed by atoms with Crippen molar-refractivity contribution in [1.82, 2.24) is 10.3 Å². The van der Waals surface area contributed by atoms with E-state index < -0.39 is 35.5 Å². The quantitative estimate of drug-likeness (QED) is 0.213. The van der Waals surface area contributed by atoms with Crippen LogP contribution in [0.3, 0.4) is 0 Å². The number of benzene rings is 3. The molecule has 7 nitrogen and oxygen atoms in total. The number of nitrogens with zero attached hydrogens (tertiary/aromatic N) is 1. The predicted molar refractivity (Wildman–Crippen MR) is 162 cm³/mol. The fraction of sp³-hybridized carbons (Fsp3) is 0.286. The average Bonchev–Trinajstić information content (AvgIpc) is 3.04. The van der Waals surface area contributed by atoms with Gasteiger partial charge < -0.3 is 20.9 Å². The van der Waals surface area contributed by atoms with Crippen molar-refractivity contribution in [2.45, 2.75) is 49.8 Å². The molecule has 45 heavy (non-hydrogen) atoms. The standard InChI is InChI=1S/C35H34F3N3O4/c36-25-9-5-21(6-10-25)34(22-7-11-26(37)12-8-22)35(39)33(44)16-24-17-40-19-29(38)28(24)14-13-27-18-41-30(20-45-27)32(43)15-23-3-1-2-4-31(23)42/h1-12,17,19,27,30,34-35,41-42H,13-16,18,20,39H2/t27-,30+,35-/m1/s1. The summed E-state index contributed by atoms with van der Waals surface area (Å²) in [6.45, 7) is 0.518. The maximum atomic E-state index is 15.0. The van der Waals surface area contributed by atoms with E-state index in [4.69, 9.17) is 10.5 Å². The van der Waals surface area contributed by atoms with Gasteiger partial charge in [-0.3, -0.25) is 14.6 Å². The molecule has 1 aliphatic heterocycles. The van der Waals surface area contributed by atoms with E-state index in [1.807, 2.05) is 0 Å². The number of Topliss-reactive ketones (excluding diaryl/α,β-unsaturated/α-hetero) is 2. The van der Waals surface area contributed by atoms with Gasteiger partial charge in [-0.25, -0.2) is 13.2 Å². The first kappa shape index (κ1) is 32.0. The summed E-state index contributed by atoms with van der Waals surface area (Å²) < 4.78 is 48.3. The SMILES string of the molecule is N[C@H](C(=O)Cc1cncc(F)c1CC[C@@H]1CN[C@H](C(=O)Cc2ccccc2O)CO1)C(c1ccc(F)cc1)c1ccc(F)cc1. The highest BCUT2D eigenvalue weighted by atomic mass is 19.1. The van der Waals surface area contributed by atoms with Gasteiger partial charge >= 0.3 is 0 Å². The topological polar surface area (TPSA) is 115 Å². The molecule has 234 valence electrons. The molecule has 4 aromatic rings. The summed E-state index contributed by atoms with van der Waals surface area (Å²) in [6.07, 6.45) is 2.82. The molecule has 0 aliphatic carbocycles. The molecular weight excluding hydrogens is 583 g/mol. The number of phenols is 1. The molecule has 3 atom stereocenters. The Labute approximate surface area is 259 Å². The van der Waals surface area contributed by atoms with E-state index in [1.54, 1.807) is 18.2 Å². The van der Waals surface area contributed by atoms with Crippen molar-refractivity contribution in [3.05, 3.63) is 130 Å². The molecular formula is C35H34F3N3O4. The Hall–Kier alpha value is -4.38. The summed E-state index contributed by atoms with van der Waals surface area (Å²) in [5.41, 5.74) is 8.94. The van der Waals surface area contributed by atoms with Crippen molar-refractivity contribution in [2.24, 2.45) is 5.73 Å². The van der Waals surface area contributed by atoms with Crippen LogP contribution >= 0.6 is 0 Å². The Balaban J connectivity index is 1.22. The van der Waals surface area contributed by atoms with E-state index in [-0.39, 0.29) is 49.3 Å². The molecule has 1 aromatic heterocycles. The Morgan fingerprint density at radius 2 is 1.56 bits per heavy atom. The molecule has 10 heteroatoms. The second-order valence-corrected chi connectivity index (χ2v) is 11.2. The first-order chi connectivity index (χ1) is 21.7. The van der Waals surface area contributed by atoms with E-state index in [0.717, 1.165) is 6.20 Å². The van der Waals surface area contributed by atoms with Crippen molar-refractivity contribution >= 4 is 11.6 Å². The fourth-order valence-corrected chi connectivity index (χ4v) is 5.67. The molecule has 1 fully saturated rings. The Morgan fingerprint density at radius 3 is 2.16 bits per heavy atom. The summed E-state index contributed by atoms with van der Waals surface area (Å²) in [5.74, 6) is -2.56. The number of ether oxygens (including phenoxy) is 1. The number of halogens is 3. The Kier molecular flexibility index (Phi) is 10.4. The number of pyridine rings is 1. The van der Waals surface area contributed by atoms with Gasteiger partial charge in [0.25, 0.3) is 0 Å². The molecule has 1 saturated heterocycles. The number of hydrogen-bond donors (Lipinski definition) is 3. The van der Waals surface area contributed by atoms with Crippen LogP contribution in [0.4, 0.5) is 13.2 Å². The number of para-hydroxylation sites is 1. The summed E-state index contributed by atoms with van der Waals surface area (Å²) in [7, 11) is 0. The first-order valence-corrected chi connectivity index (χ1v) is 14.7. The summed E-state index contributed by atoms with van der Waals surface area (Å²) in [4.78, 5) is 30.2. The second-order valence-electron chi connectivity index (χ2n) is 11.2. The summed E-state index contributed by atoms with van der Waals surface area (Å²) >= 11 is 0. The van der Waals surface area contributed by atoms with Gasteiger partial charge in [0.2, 0.25) is 0 Å². The molecule has 2 heterocycles. The zero-order valence-electron chi connectivity index (χ0n) is 24.5.